The lowest BCUT2D eigenvalue weighted by Crippen LogP contribution is -2.37. The van der Waals surface area contributed by atoms with Gasteiger partial charge in [0, 0.05) is 44.6 Å². The number of aliphatic imine (C=N–C) groups is 1. The third kappa shape index (κ3) is 6.95. The summed E-state index contributed by atoms with van der Waals surface area (Å²) in [6, 6.07) is 8.34. The zero-order valence-corrected chi connectivity index (χ0v) is 21.1. The summed E-state index contributed by atoms with van der Waals surface area (Å²) >= 11 is 0. The summed E-state index contributed by atoms with van der Waals surface area (Å²) in [5.41, 5.74) is 4.41. The first-order chi connectivity index (χ1) is 14.6. The van der Waals surface area contributed by atoms with Gasteiger partial charge in [-0.15, -0.1) is 24.0 Å². The Labute approximate surface area is 202 Å². The van der Waals surface area contributed by atoms with Crippen molar-refractivity contribution < 1.29 is 9.32 Å². The Morgan fingerprint density at radius 2 is 2.00 bits per heavy atom. The van der Waals surface area contributed by atoms with Crippen LogP contribution < -0.4 is 10.6 Å². The van der Waals surface area contributed by atoms with E-state index in [1.54, 1.807) is 0 Å². The van der Waals surface area contributed by atoms with Crippen LogP contribution in [0.1, 0.15) is 61.8 Å². The van der Waals surface area contributed by atoms with Gasteiger partial charge in [0.25, 0.3) is 0 Å². The number of rotatable bonds is 9. The number of hydrogen-bond acceptors (Lipinski definition) is 4. The van der Waals surface area contributed by atoms with Gasteiger partial charge in [-0.2, -0.15) is 0 Å². The Morgan fingerprint density at radius 1 is 1.19 bits per heavy atom. The molecule has 1 aliphatic rings. The van der Waals surface area contributed by atoms with E-state index in [-0.39, 0.29) is 29.9 Å². The number of hydrogen-bond donors (Lipinski definition) is 2. The van der Waals surface area contributed by atoms with Gasteiger partial charge in [-0.05, 0) is 30.9 Å². The molecule has 1 aliphatic heterocycles. The molecule has 1 aromatic heterocycles. The number of nitrogens with one attached hydrogen (secondary N) is 2. The van der Waals surface area contributed by atoms with Crippen molar-refractivity contribution in [2.75, 3.05) is 13.1 Å². The molecular formula is C23H34IN5O2. The normalized spacial score (nSPS) is 14.0. The second kappa shape index (κ2) is 12.7. The minimum atomic E-state index is 0. The molecule has 0 unspecified atom stereocenters. The van der Waals surface area contributed by atoms with Gasteiger partial charge in [-0.1, -0.05) is 43.3 Å². The second-order valence-corrected chi connectivity index (χ2v) is 7.53. The van der Waals surface area contributed by atoms with Gasteiger partial charge < -0.3 is 20.1 Å². The van der Waals surface area contributed by atoms with Crippen molar-refractivity contribution in [3.05, 3.63) is 52.4 Å². The van der Waals surface area contributed by atoms with Gasteiger partial charge in [0.15, 0.2) is 5.96 Å². The fourth-order valence-corrected chi connectivity index (χ4v) is 3.74. The standard InChI is InChI=1S/C23H33N5O2.HI/c1-4-20-19(21(5-2)30-27-20)15-26-23(24-6-3)25-14-17-9-7-10-18(13-17)16-28-12-8-11-22(28)29;/h7,9-10,13H,4-6,8,11-12,14-16H2,1-3H3,(H2,24,25,26);1H. The summed E-state index contributed by atoms with van der Waals surface area (Å²) in [7, 11) is 0. The predicted molar refractivity (Wildman–Crippen MR) is 133 cm³/mol. The van der Waals surface area contributed by atoms with Gasteiger partial charge in [0.1, 0.15) is 5.76 Å². The van der Waals surface area contributed by atoms with E-state index in [0.717, 1.165) is 66.5 Å². The summed E-state index contributed by atoms with van der Waals surface area (Å²) in [6.45, 7) is 9.75. The molecule has 2 heterocycles. The average Bonchev–Trinajstić information content (AvgIpc) is 3.35. The number of aromatic nitrogens is 1. The lowest BCUT2D eigenvalue weighted by atomic mass is 10.1. The molecule has 31 heavy (non-hydrogen) atoms. The number of nitrogens with zero attached hydrogens (tertiary/aromatic N) is 3. The van der Waals surface area contributed by atoms with Crippen LogP contribution in [0.3, 0.4) is 0 Å². The highest BCUT2D eigenvalue weighted by atomic mass is 127. The summed E-state index contributed by atoms with van der Waals surface area (Å²) in [5.74, 6) is 1.95. The van der Waals surface area contributed by atoms with Crippen molar-refractivity contribution >= 4 is 35.8 Å². The third-order valence-corrected chi connectivity index (χ3v) is 5.34. The number of aryl methyl sites for hydroxylation is 2. The Hall–Kier alpha value is -2.10. The van der Waals surface area contributed by atoms with E-state index in [1.807, 2.05) is 11.0 Å². The van der Waals surface area contributed by atoms with E-state index < -0.39 is 0 Å². The molecule has 3 rings (SSSR count). The summed E-state index contributed by atoms with van der Waals surface area (Å²) in [4.78, 5) is 18.6. The van der Waals surface area contributed by atoms with Crippen molar-refractivity contribution in [3.8, 4) is 0 Å². The Morgan fingerprint density at radius 3 is 2.68 bits per heavy atom. The maximum Gasteiger partial charge on any atom is 0.222 e. The van der Waals surface area contributed by atoms with Crippen molar-refractivity contribution in [2.24, 2.45) is 4.99 Å². The molecule has 0 spiro atoms. The quantitative estimate of drug-likeness (QED) is 0.288. The number of carbonyl (C=O) groups is 1. The van der Waals surface area contributed by atoms with Gasteiger partial charge in [-0.3, -0.25) is 4.79 Å². The van der Waals surface area contributed by atoms with Crippen molar-refractivity contribution in [1.82, 2.24) is 20.7 Å². The van der Waals surface area contributed by atoms with Crippen LogP contribution >= 0.6 is 24.0 Å². The molecule has 0 saturated carbocycles. The molecule has 1 aromatic carbocycles. The first-order valence-corrected chi connectivity index (χ1v) is 11.0. The predicted octanol–water partition coefficient (Wildman–Crippen LogP) is 3.80. The zero-order valence-electron chi connectivity index (χ0n) is 18.7. The van der Waals surface area contributed by atoms with Crippen molar-refractivity contribution in [1.29, 1.82) is 0 Å². The minimum absolute atomic E-state index is 0. The number of amides is 1. The van der Waals surface area contributed by atoms with Crippen LogP contribution in [0.5, 0.6) is 0 Å². The fraction of sp³-hybridized carbons (Fsp3) is 0.522. The smallest absolute Gasteiger partial charge is 0.222 e. The van der Waals surface area contributed by atoms with E-state index in [0.29, 0.717) is 26.1 Å². The Bertz CT molecular complexity index is 859. The molecule has 2 aromatic rings. The number of halogens is 1. The molecule has 2 N–H and O–H groups in total. The third-order valence-electron chi connectivity index (χ3n) is 5.34. The molecule has 0 atom stereocenters. The number of guanidine groups is 1. The molecule has 0 aliphatic carbocycles. The number of carbonyl (C=O) groups excluding carboxylic acids is 1. The van der Waals surface area contributed by atoms with Crippen LogP contribution in [0.25, 0.3) is 0 Å². The van der Waals surface area contributed by atoms with Gasteiger partial charge in [0.2, 0.25) is 5.91 Å². The fourth-order valence-electron chi connectivity index (χ4n) is 3.74. The monoisotopic (exact) mass is 539 g/mol. The molecule has 1 saturated heterocycles. The zero-order chi connectivity index (χ0) is 21.3. The highest BCUT2D eigenvalue weighted by Crippen LogP contribution is 2.16. The van der Waals surface area contributed by atoms with Crippen LogP contribution in [0.15, 0.2) is 33.8 Å². The van der Waals surface area contributed by atoms with Crippen molar-refractivity contribution in [2.45, 2.75) is 66.1 Å². The van der Waals surface area contributed by atoms with E-state index in [9.17, 15) is 4.79 Å². The second-order valence-electron chi connectivity index (χ2n) is 7.53. The molecule has 0 bridgehead atoms. The van der Waals surface area contributed by atoms with Crippen molar-refractivity contribution in [3.63, 3.8) is 0 Å². The van der Waals surface area contributed by atoms with Crippen LogP contribution in [-0.4, -0.2) is 35.0 Å². The molecule has 170 valence electrons. The highest BCUT2D eigenvalue weighted by molar-refractivity contribution is 14.0. The molecule has 8 heteroatoms. The Balaban J connectivity index is 0.00000341. The lowest BCUT2D eigenvalue weighted by molar-refractivity contribution is -0.128. The van der Waals surface area contributed by atoms with Crippen LogP contribution in [-0.2, 0) is 37.3 Å². The van der Waals surface area contributed by atoms with Gasteiger partial charge in [-0.25, -0.2) is 4.99 Å². The largest absolute Gasteiger partial charge is 0.361 e. The number of benzene rings is 1. The molecule has 0 radical (unpaired) electrons. The highest BCUT2D eigenvalue weighted by Gasteiger charge is 2.20. The first-order valence-electron chi connectivity index (χ1n) is 11.0. The average molecular weight is 539 g/mol. The maximum absolute atomic E-state index is 11.9. The van der Waals surface area contributed by atoms with E-state index in [1.165, 1.54) is 0 Å². The van der Waals surface area contributed by atoms with Crippen LogP contribution in [0.4, 0.5) is 0 Å². The van der Waals surface area contributed by atoms with Gasteiger partial charge >= 0.3 is 0 Å². The lowest BCUT2D eigenvalue weighted by Gasteiger charge is -2.16. The van der Waals surface area contributed by atoms with Gasteiger partial charge in [0.05, 0.1) is 12.2 Å². The molecule has 1 amide bonds. The Kier molecular flexibility index (Phi) is 10.3. The number of likely N-dealkylation sites (tertiary alicyclic amines) is 1. The topological polar surface area (TPSA) is 82.8 Å². The van der Waals surface area contributed by atoms with Crippen LogP contribution in [0, 0.1) is 0 Å². The summed E-state index contributed by atoms with van der Waals surface area (Å²) in [6.07, 6.45) is 3.31. The van der Waals surface area contributed by atoms with E-state index in [4.69, 9.17) is 9.52 Å². The summed E-state index contributed by atoms with van der Waals surface area (Å²) < 4.78 is 5.45. The SMILES string of the molecule is CCNC(=NCc1cccc(CN2CCCC2=O)c1)NCc1c(CC)noc1CC.I. The minimum Gasteiger partial charge on any atom is -0.361 e. The van der Waals surface area contributed by atoms with E-state index in [2.05, 4.69) is 54.8 Å². The van der Waals surface area contributed by atoms with E-state index >= 15 is 0 Å². The molecular weight excluding hydrogens is 505 g/mol. The first kappa shape index (κ1) is 25.2. The van der Waals surface area contributed by atoms with Crippen LogP contribution in [0.2, 0.25) is 0 Å². The maximum atomic E-state index is 11.9. The molecule has 1 fully saturated rings. The molecule has 7 nitrogen and oxygen atoms in total. The summed E-state index contributed by atoms with van der Waals surface area (Å²) in [5, 5.41) is 10.9.